The third-order valence-corrected chi connectivity index (χ3v) is 5.32. The third kappa shape index (κ3) is 2.96. The molecule has 0 fully saturated rings. The molecule has 2 heterocycles. The zero-order valence-corrected chi connectivity index (χ0v) is 13.3. The minimum absolute atomic E-state index is 0.478. The first-order valence-electron chi connectivity index (χ1n) is 5.50. The molecule has 0 radical (unpaired) electrons. The number of nitrogens with zero attached hydrogens (tertiary/aromatic N) is 1. The van der Waals surface area contributed by atoms with Gasteiger partial charge in [0.25, 0.3) is 0 Å². The van der Waals surface area contributed by atoms with Gasteiger partial charge in [-0.15, -0.1) is 22.7 Å². The molecule has 0 aliphatic rings. The summed E-state index contributed by atoms with van der Waals surface area (Å²) >= 11 is 7.02. The van der Waals surface area contributed by atoms with Crippen LogP contribution in [0.15, 0.2) is 15.9 Å². The van der Waals surface area contributed by atoms with Gasteiger partial charge in [0.2, 0.25) is 0 Å². The molecule has 0 aliphatic heterocycles. The average molecular weight is 331 g/mol. The molecular formula is C12H15BrN2S2. The normalized spacial score (nSPS) is 11.4. The second-order valence-corrected chi connectivity index (χ2v) is 7.05. The summed E-state index contributed by atoms with van der Waals surface area (Å²) in [6.45, 7) is 5.29. The van der Waals surface area contributed by atoms with Gasteiger partial charge in [0.15, 0.2) is 0 Å². The van der Waals surface area contributed by atoms with E-state index in [1.807, 2.05) is 7.05 Å². The van der Waals surface area contributed by atoms with Crippen LogP contribution in [0.4, 0.5) is 0 Å². The van der Waals surface area contributed by atoms with E-state index >= 15 is 0 Å². The number of thiazole rings is 1. The monoisotopic (exact) mass is 330 g/mol. The van der Waals surface area contributed by atoms with Gasteiger partial charge in [0.05, 0.1) is 10.6 Å². The summed E-state index contributed by atoms with van der Waals surface area (Å²) in [7, 11) is 1.98. The van der Waals surface area contributed by atoms with E-state index in [0.29, 0.717) is 5.92 Å². The molecule has 1 N–H and O–H groups in total. The highest BCUT2D eigenvalue weighted by atomic mass is 79.9. The van der Waals surface area contributed by atoms with E-state index in [4.69, 9.17) is 4.98 Å². The number of halogens is 1. The van der Waals surface area contributed by atoms with Gasteiger partial charge in [-0.2, -0.15) is 0 Å². The van der Waals surface area contributed by atoms with Gasteiger partial charge in [-0.1, -0.05) is 13.8 Å². The fourth-order valence-electron chi connectivity index (χ4n) is 1.63. The molecule has 0 amide bonds. The zero-order chi connectivity index (χ0) is 12.4. The van der Waals surface area contributed by atoms with Crippen LogP contribution in [0.25, 0.3) is 9.88 Å². The minimum atomic E-state index is 0.478. The summed E-state index contributed by atoms with van der Waals surface area (Å²) in [5.74, 6) is 0.478. The van der Waals surface area contributed by atoms with E-state index < -0.39 is 0 Å². The number of rotatable bonds is 4. The number of hydrogen-bond donors (Lipinski definition) is 1. The summed E-state index contributed by atoms with van der Waals surface area (Å²) < 4.78 is 1.13. The molecule has 0 bridgehead atoms. The fraction of sp³-hybridized carbons (Fsp3) is 0.417. The van der Waals surface area contributed by atoms with Crippen molar-refractivity contribution in [2.24, 2.45) is 0 Å². The highest BCUT2D eigenvalue weighted by molar-refractivity contribution is 9.10. The van der Waals surface area contributed by atoms with Crippen molar-refractivity contribution in [3.63, 3.8) is 0 Å². The third-order valence-electron chi connectivity index (χ3n) is 2.39. The predicted octanol–water partition coefficient (Wildman–Crippen LogP) is 4.48. The maximum Gasteiger partial charge on any atom is 0.133 e. The Morgan fingerprint density at radius 1 is 1.47 bits per heavy atom. The molecule has 2 nitrogen and oxygen atoms in total. The lowest BCUT2D eigenvalue weighted by Crippen LogP contribution is -2.06. The fourth-order valence-corrected chi connectivity index (χ4v) is 4.35. The molecule has 0 spiro atoms. The molecule has 92 valence electrons. The first kappa shape index (κ1) is 13.2. The molecule has 5 heteroatoms. The van der Waals surface area contributed by atoms with E-state index in [0.717, 1.165) is 16.0 Å². The van der Waals surface area contributed by atoms with Crippen molar-refractivity contribution in [2.45, 2.75) is 26.3 Å². The largest absolute Gasteiger partial charge is 0.315 e. The first-order valence-corrected chi connectivity index (χ1v) is 7.99. The molecule has 0 aliphatic carbocycles. The van der Waals surface area contributed by atoms with Gasteiger partial charge in [-0.25, -0.2) is 4.98 Å². The summed E-state index contributed by atoms with van der Waals surface area (Å²) in [4.78, 5) is 7.37. The Bertz CT molecular complexity index is 502. The van der Waals surface area contributed by atoms with Crippen molar-refractivity contribution in [1.82, 2.24) is 10.3 Å². The quantitative estimate of drug-likeness (QED) is 0.894. The van der Waals surface area contributed by atoms with E-state index in [9.17, 15) is 0 Å². The van der Waals surface area contributed by atoms with Gasteiger partial charge in [-0.05, 0) is 35.0 Å². The lowest BCUT2D eigenvalue weighted by molar-refractivity contribution is 0.771. The van der Waals surface area contributed by atoms with Crippen LogP contribution >= 0.6 is 38.6 Å². The minimum Gasteiger partial charge on any atom is -0.315 e. The standard InChI is InChI=1S/C12H15BrN2S2/c1-7(2)11-10(5-14-3)17-12(15-11)9-4-8(13)6-16-9/h4,6-7,14H,5H2,1-3H3. The topological polar surface area (TPSA) is 24.9 Å². The number of thiophene rings is 1. The predicted molar refractivity (Wildman–Crippen MR) is 80.0 cm³/mol. The average Bonchev–Trinajstić information content (AvgIpc) is 2.85. The van der Waals surface area contributed by atoms with Crippen molar-refractivity contribution in [3.05, 3.63) is 26.5 Å². The number of hydrogen-bond acceptors (Lipinski definition) is 4. The maximum atomic E-state index is 4.78. The van der Waals surface area contributed by atoms with Crippen LogP contribution in [0.1, 0.15) is 30.3 Å². The highest BCUT2D eigenvalue weighted by Crippen LogP contribution is 2.36. The molecule has 0 atom stereocenters. The zero-order valence-electron chi connectivity index (χ0n) is 10.1. The Morgan fingerprint density at radius 2 is 2.24 bits per heavy atom. The molecule has 0 saturated carbocycles. The Hall–Kier alpha value is -0.230. The Balaban J connectivity index is 2.39. The molecule has 0 saturated heterocycles. The van der Waals surface area contributed by atoms with Crippen LogP contribution in [-0.4, -0.2) is 12.0 Å². The Labute approximate surface area is 118 Å². The Kier molecular flexibility index (Phi) is 4.36. The maximum absolute atomic E-state index is 4.78. The van der Waals surface area contributed by atoms with Crippen LogP contribution in [0.2, 0.25) is 0 Å². The second-order valence-electron chi connectivity index (χ2n) is 4.14. The van der Waals surface area contributed by atoms with Crippen LogP contribution in [0.3, 0.4) is 0 Å². The van der Waals surface area contributed by atoms with Crippen molar-refractivity contribution in [1.29, 1.82) is 0 Å². The first-order chi connectivity index (χ1) is 8.11. The van der Waals surface area contributed by atoms with Crippen molar-refractivity contribution in [3.8, 4) is 9.88 Å². The summed E-state index contributed by atoms with van der Waals surface area (Å²) in [6, 6.07) is 2.14. The van der Waals surface area contributed by atoms with Crippen LogP contribution in [0, 0.1) is 0 Å². The van der Waals surface area contributed by atoms with Crippen molar-refractivity contribution in [2.75, 3.05) is 7.05 Å². The Morgan fingerprint density at radius 3 is 2.76 bits per heavy atom. The van der Waals surface area contributed by atoms with E-state index in [-0.39, 0.29) is 0 Å². The molecule has 0 unspecified atom stereocenters. The molecule has 0 aromatic carbocycles. The smallest absolute Gasteiger partial charge is 0.133 e. The second kappa shape index (κ2) is 5.61. The summed E-state index contributed by atoms with van der Waals surface area (Å²) in [5, 5.41) is 6.45. The van der Waals surface area contributed by atoms with Gasteiger partial charge in [-0.3, -0.25) is 0 Å². The molecule has 2 rings (SSSR count). The van der Waals surface area contributed by atoms with Crippen LogP contribution in [-0.2, 0) is 6.54 Å². The van der Waals surface area contributed by atoms with Crippen molar-refractivity contribution >= 4 is 38.6 Å². The number of aromatic nitrogens is 1. The van der Waals surface area contributed by atoms with Gasteiger partial charge >= 0.3 is 0 Å². The van der Waals surface area contributed by atoms with Gasteiger partial charge in [0.1, 0.15) is 5.01 Å². The van der Waals surface area contributed by atoms with Crippen LogP contribution in [0.5, 0.6) is 0 Å². The van der Waals surface area contributed by atoms with Gasteiger partial charge < -0.3 is 5.32 Å². The summed E-state index contributed by atoms with van der Waals surface area (Å²) in [6.07, 6.45) is 0. The highest BCUT2D eigenvalue weighted by Gasteiger charge is 2.15. The SMILES string of the molecule is CNCc1sc(-c2cc(Br)cs2)nc1C(C)C. The van der Waals surface area contributed by atoms with E-state index in [1.54, 1.807) is 22.7 Å². The van der Waals surface area contributed by atoms with E-state index in [1.165, 1.54) is 15.4 Å². The summed E-state index contributed by atoms with van der Waals surface area (Å²) in [5.41, 5.74) is 1.23. The van der Waals surface area contributed by atoms with Crippen LogP contribution < -0.4 is 5.32 Å². The lowest BCUT2D eigenvalue weighted by atomic mass is 10.1. The van der Waals surface area contributed by atoms with E-state index in [2.05, 4.69) is 46.5 Å². The molecule has 2 aromatic heterocycles. The lowest BCUT2D eigenvalue weighted by Gasteiger charge is -2.03. The molecular weight excluding hydrogens is 316 g/mol. The van der Waals surface area contributed by atoms with Gasteiger partial charge in [0, 0.05) is 21.3 Å². The molecule has 17 heavy (non-hydrogen) atoms. The number of nitrogens with one attached hydrogen (secondary N) is 1. The van der Waals surface area contributed by atoms with Crippen molar-refractivity contribution < 1.29 is 0 Å². The molecule has 2 aromatic rings.